The van der Waals surface area contributed by atoms with E-state index in [2.05, 4.69) is 10.1 Å². The quantitative estimate of drug-likeness (QED) is 0.804. The van der Waals surface area contributed by atoms with Crippen molar-refractivity contribution < 1.29 is 22.7 Å². The summed E-state index contributed by atoms with van der Waals surface area (Å²) in [7, 11) is 0. The maximum atomic E-state index is 11.8. The van der Waals surface area contributed by atoms with E-state index in [1.807, 2.05) is 6.92 Å². The zero-order valence-corrected chi connectivity index (χ0v) is 9.19. The lowest BCUT2D eigenvalue weighted by molar-refractivity contribution is -0.160. The van der Waals surface area contributed by atoms with Gasteiger partial charge in [-0.05, 0) is 19.8 Å². The molecule has 1 aliphatic carbocycles. The van der Waals surface area contributed by atoms with Crippen LogP contribution in [0.4, 0.5) is 18.0 Å². The zero-order valence-electron chi connectivity index (χ0n) is 9.19. The predicted octanol–water partition coefficient (Wildman–Crippen LogP) is 3.00. The van der Waals surface area contributed by atoms with Gasteiger partial charge in [0.15, 0.2) is 6.61 Å². The van der Waals surface area contributed by atoms with Crippen LogP contribution in [0.5, 0.6) is 0 Å². The van der Waals surface area contributed by atoms with Crippen molar-refractivity contribution in [2.75, 3.05) is 6.61 Å². The van der Waals surface area contributed by atoms with E-state index in [9.17, 15) is 18.0 Å². The van der Waals surface area contributed by atoms with Crippen LogP contribution in [-0.4, -0.2) is 24.4 Å². The fraction of sp³-hybridized carbons (Fsp3) is 0.900. The highest BCUT2D eigenvalue weighted by atomic mass is 19.4. The standard InChI is InChI=1S/C10H16F3NO2/c1-9(5-3-2-4-6-9)14-8(15)16-7-10(11,12)13/h2-7H2,1H3,(H,14,15). The molecule has 1 saturated carbocycles. The van der Waals surface area contributed by atoms with Gasteiger partial charge >= 0.3 is 12.3 Å². The summed E-state index contributed by atoms with van der Waals surface area (Å²) in [5.74, 6) is 0. The molecule has 6 heteroatoms. The van der Waals surface area contributed by atoms with Crippen LogP contribution in [0.15, 0.2) is 0 Å². The summed E-state index contributed by atoms with van der Waals surface area (Å²) in [5, 5.41) is 2.51. The van der Waals surface area contributed by atoms with Gasteiger partial charge in [-0.2, -0.15) is 13.2 Å². The van der Waals surface area contributed by atoms with E-state index in [-0.39, 0.29) is 0 Å². The number of hydrogen-bond acceptors (Lipinski definition) is 2. The molecule has 0 heterocycles. The van der Waals surface area contributed by atoms with Gasteiger partial charge in [0.1, 0.15) is 0 Å². The SMILES string of the molecule is CC1(NC(=O)OCC(F)(F)F)CCCCC1. The molecule has 0 aromatic heterocycles. The Bertz CT molecular complexity index is 247. The molecule has 0 aliphatic heterocycles. The highest BCUT2D eigenvalue weighted by Gasteiger charge is 2.32. The fourth-order valence-electron chi connectivity index (χ4n) is 1.89. The molecule has 16 heavy (non-hydrogen) atoms. The summed E-state index contributed by atoms with van der Waals surface area (Å²) in [5.41, 5.74) is -0.416. The van der Waals surface area contributed by atoms with Crippen molar-refractivity contribution >= 4 is 6.09 Å². The number of carbonyl (C=O) groups is 1. The minimum Gasteiger partial charge on any atom is -0.440 e. The highest BCUT2D eigenvalue weighted by Crippen LogP contribution is 2.27. The molecule has 0 aromatic carbocycles. The molecule has 0 aromatic rings. The van der Waals surface area contributed by atoms with Crippen molar-refractivity contribution in [1.29, 1.82) is 0 Å². The lowest BCUT2D eigenvalue weighted by Gasteiger charge is -2.33. The first-order valence-corrected chi connectivity index (χ1v) is 5.32. The van der Waals surface area contributed by atoms with E-state index in [0.29, 0.717) is 0 Å². The van der Waals surface area contributed by atoms with Gasteiger partial charge in [-0.1, -0.05) is 19.3 Å². The average Bonchev–Trinajstić information content (AvgIpc) is 2.14. The Balaban J connectivity index is 2.33. The largest absolute Gasteiger partial charge is 0.440 e. The Labute approximate surface area is 92.3 Å². The Kier molecular flexibility index (Phi) is 4.04. The van der Waals surface area contributed by atoms with Crippen LogP contribution in [-0.2, 0) is 4.74 Å². The van der Waals surface area contributed by atoms with Gasteiger partial charge in [-0.15, -0.1) is 0 Å². The maximum absolute atomic E-state index is 11.8. The van der Waals surface area contributed by atoms with Gasteiger partial charge < -0.3 is 10.1 Å². The third kappa shape index (κ3) is 4.72. The van der Waals surface area contributed by atoms with E-state index in [1.165, 1.54) is 0 Å². The number of ether oxygens (including phenoxy) is 1. The maximum Gasteiger partial charge on any atom is 0.422 e. The predicted molar refractivity (Wildman–Crippen MR) is 52.0 cm³/mol. The number of rotatable bonds is 2. The molecule has 1 rings (SSSR count). The third-order valence-corrected chi connectivity index (χ3v) is 2.73. The van der Waals surface area contributed by atoms with Crippen molar-refractivity contribution in [3.63, 3.8) is 0 Å². The molecule has 0 radical (unpaired) electrons. The van der Waals surface area contributed by atoms with Gasteiger partial charge in [-0.25, -0.2) is 4.79 Å². The first kappa shape index (κ1) is 13.1. The van der Waals surface area contributed by atoms with E-state index >= 15 is 0 Å². The molecule has 0 atom stereocenters. The van der Waals surface area contributed by atoms with E-state index in [0.717, 1.165) is 32.1 Å². The highest BCUT2D eigenvalue weighted by molar-refractivity contribution is 5.68. The first-order chi connectivity index (χ1) is 7.31. The smallest absolute Gasteiger partial charge is 0.422 e. The summed E-state index contributed by atoms with van der Waals surface area (Å²) >= 11 is 0. The Hall–Kier alpha value is -0.940. The topological polar surface area (TPSA) is 38.3 Å². The van der Waals surface area contributed by atoms with Gasteiger partial charge in [0.2, 0.25) is 0 Å². The Morgan fingerprint density at radius 3 is 2.38 bits per heavy atom. The van der Waals surface area contributed by atoms with Crippen molar-refractivity contribution in [1.82, 2.24) is 5.32 Å². The molecule has 3 nitrogen and oxygen atoms in total. The van der Waals surface area contributed by atoms with Gasteiger partial charge in [0.25, 0.3) is 0 Å². The normalized spacial score (nSPS) is 20.2. The van der Waals surface area contributed by atoms with Crippen molar-refractivity contribution in [2.24, 2.45) is 0 Å². The average molecular weight is 239 g/mol. The van der Waals surface area contributed by atoms with Crippen LogP contribution >= 0.6 is 0 Å². The van der Waals surface area contributed by atoms with Crippen LogP contribution in [0.2, 0.25) is 0 Å². The third-order valence-electron chi connectivity index (χ3n) is 2.73. The number of amides is 1. The number of alkyl halides is 3. The zero-order chi connectivity index (χ0) is 12.2. The summed E-state index contributed by atoms with van der Waals surface area (Å²) < 4.78 is 39.5. The van der Waals surface area contributed by atoms with Crippen LogP contribution in [0.3, 0.4) is 0 Å². The minimum absolute atomic E-state index is 0.416. The first-order valence-electron chi connectivity index (χ1n) is 5.32. The number of nitrogens with one attached hydrogen (secondary N) is 1. The summed E-state index contributed by atoms with van der Waals surface area (Å²) in [4.78, 5) is 11.1. The van der Waals surface area contributed by atoms with Crippen LogP contribution in [0.25, 0.3) is 0 Å². The molecule has 0 unspecified atom stereocenters. The van der Waals surface area contributed by atoms with Crippen molar-refractivity contribution in [3.8, 4) is 0 Å². The van der Waals surface area contributed by atoms with Crippen LogP contribution < -0.4 is 5.32 Å². The monoisotopic (exact) mass is 239 g/mol. The molecule has 1 fully saturated rings. The van der Waals surface area contributed by atoms with E-state index < -0.39 is 24.4 Å². The molecular formula is C10H16F3NO2. The second-order valence-electron chi connectivity index (χ2n) is 4.44. The lowest BCUT2D eigenvalue weighted by atomic mass is 9.83. The van der Waals surface area contributed by atoms with E-state index in [4.69, 9.17) is 0 Å². The molecule has 0 saturated heterocycles. The molecule has 1 N–H and O–H groups in total. The van der Waals surface area contributed by atoms with E-state index in [1.54, 1.807) is 0 Å². The summed E-state index contributed by atoms with van der Waals surface area (Å²) in [6.45, 7) is 0.302. The van der Waals surface area contributed by atoms with Gasteiger partial charge in [0, 0.05) is 5.54 Å². The van der Waals surface area contributed by atoms with Gasteiger partial charge in [0.05, 0.1) is 0 Å². The molecule has 0 bridgehead atoms. The lowest BCUT2D eigenvalue weighted by Crippen LogP contribution is -2.47. The number of carbonyl (C=O) groups excluding carboxylic acids is 1. The molecule has 1 amide bonds. The second kappa shape index (κ2) is 4.93. The van der Waals surface area contributed by atoms with Crippen molar-refractivity contribution in [3.05, 3.63) is 0 Å². The number of halogens is 3. The Morgan fingerprint density at radius 2 is 1.88 bits per heavy atom. The fourth-order valence-corrected chi connectivity index (χ4v) is 1.89. The number of hydrogen-bond donors (Lipinski definition) is 1. The van der Waals surface area contributed by atoms with Crippen molar-refractivity contribution in [2.45, 2.75) is 50.7 Å². The second-order valence-corrected chi connectivity index (χ2v) is 4.44. The van der Waals surface area contributed by atoms with Gasteiger partial charge in [-0.3, -0.25) is 0 Å². The van der Waals surface area contributed by atoms with Crippen LogP contribution in [0.1, 0.15) is 39.0 Å². The Morgan fingerprint density at radius 1 is 1.31 bits per heavy atom. The molecule has 94 valence electrons. The van der Waals surface area contributed by atoms with Crippen LogP contribution in [0, 0.1) is 0 Å². The summed E-state index contributed by atoms with van der Waals surface area (Å²) in [6, 6.07) is 0. The molecule has 1 aliphatic rings. The molecular weight excluding hydrogens is 223 g/mol. The number of alkyl carbamates (subject to hydrolysis) is 1. The minimum atomic E-state index is -4.47. The summed E-state index contributed by atoms with van der Waals surface area (Å²) in [6.07, 6.45) is -0.810. The molecule has 0 spiro atoms.